The van der Waals surface area contributed by atoms with E-state index in [0.717, 1.165) is 12.0 Å². The van der Waals surface area contributed by atoms with Crippen LogP contribution in [0, 0.1) is 6.92 Å². The SMILES string of the molecule is COCCCn1cnnc1C(C)NC(=O)Nc1cc(NC(C)=O)ccc1C. The van der Waals surface area contributed by atoms with Crippen molar-refractivity contribution in [3.8, 4) is 0 Å². The Morgan fingerprint density at radius 3 is 2.78 bits per heavy atom. The van der Waals surface area contributed by atoms with Gasteiger partial charge in [-0.2, -0.15) is 0 Å². The summed E-state index contributed by atoms with van der Waals surface area (Å²) in [6.45, 7) is 6.51. The molecule has 9 nitrogen and oxygen atoms in total. The van der Waals surface area contributed by atoms with Crippen LogP contribution in [-0.4, -0.2) is 40.4 Å². The van der Waals surface area contributed by atoms with Crippen molar-refractivity contribution in [1.82, 2.24) is 20.1 Å². The second kappa shape index (κ2) is 9.67. The molecule has 0 radical (unpaired) electrons. The minimum absolute atomic E-state index is 0.171. The van der Waals surface area contributed by atoms with E-state index in [1.807, 2.05) is 24.5 Å². The zero-order chi connectivity index (χ0) is 19.8. The molecule has 2 rings (SSSR count). The lowest BCUT2D eigenvalue weighted by Crippen LogP contribution is -2.33. The second-order valence-electron chi connectivity index (χ2n) is 6.26. The van der Waals surface area contributed by atoms with Crippen LogP contribution in [0.25, 0.3) is 0 Å². The van der Waals surface area contributed by atoms with Crippen molar-refractivity contribution in [1.29, 1.82) is 0 Å². The molecule has 1 unspecified atom stereocenters. The van der Waals surface area contributed by atoms with Gasteiger partial charge in [-0.1, -0.05) is 6.07 Å². The quantitative estimate of drug-likeness (QED) is 0.615. The van der Waals surface area contributed by atoms with E-state index < -0.39 is 0 Å². The molecule has 3 amide bonds. The van der Waals surface area contributed by atoms with Crippen LogP contribution in [0.3, 0.4) is 0 Å². The highest BCUT2D eigenvalue weighted by molar-refractivity contribution is 5.93. The molecule has 0 fully saturated rings. The van der Waals surface area contributed by atoms with E-state index in [1.54, 1.807) is 25.6 Å². The molecular formula is C18H26N6O3. The smallest absolute Gasteiger partial charge is 0.319 e. The summed E-state index contributed by atoms with van der Waals surface area (Å²) in [7, 11) is 1.66. The average molecular weight is 374 g/mol. The van der Waals surface area contributed by atoms with Gasteiger partial charge in [-0.05, 0) is 38.0 Å². The van der Waals surface area contributed by atoms with Crippen LogP contribution >= 0.6 is 0 Å². The molecule has 27 heavy (non-hydrogen) atoms. The van der Waals surface area contributed by atoms with Gasteiger partial charge in [0, 0.05) is 38.6 Å². The summed E-state index contributed by atoms with van der Waals surface area (Å²) in [5.74, 6) is 0.501. The average Bonchev–Trinajstić information content (AvgIpc) is 3.06. The summed E-state index contributed by atoms with van der Waals surface area (Å²) in [6.07, 6.45) is 2.47. The number of carbonyl (C=O) groups is 2. The number of urea groups is 1. The van der Waals surface area contributed by atoms with Gasteiger partial charge in [0.25, 0.3) is 0 Å². The number of rotatable bonds is 8. The summed E-state index contributed by atoms with van der Waals surface area (Å²) in [4.78, 5) is 23.6. The first-order valence-electron chi connectivity index (χ1n) is 8.73. The number of ether oxygens (including phenoxy) is 1. The van der Waals surface area contributed by atoms with Crippen LogP contribution in [0.15, 0.2) is 24.5 Å². The van der Waals surface area contributed by atoms with Gasteiger partial charge in [-0.25, -0.2) is 4.79 Å². The minimum Gasteiger partial charge on any atom is -0.385 e. The summed E-state index contributed by atoms with van der Waals surface area (Å²) < 4.78 is 6.95. The van der Waals surface area contributed by atoms with E-state index in [9.17, 15) is 9.59 Å². The normalized spacial score (nSPS) is 11.7. The summed E-state index contributed by atoms with van der Waals surface area (Å²) in [5.41, 5.74) is 2.12. The number of hydrogen-bond acceptors (Lipinski definition) is 5. The maximum atomic E-state index is 12.4. The molecule has 0 aliphatic heterocycles. The molecular weight excluding hydrogens is 348 g/mol. The maximum absolute atomic E-state index is 12.4. The minimum atomic E-state index is -0.364. The molecule has 0 aliphatic carbocycles. The van der Waals surface area contributed by atoms with Crippen LogP contribution < -0.4 is 16.0 Å². The molecule has 1 heterocycles. The van der Waals surface area contributed by atoms with Crippen LogP contribution in [0.1, 0.15) is 37.7 Å². The van der Waals surface area contributed by atoms with E-state index in [1.165, 1.54) is 6.92 Å². The molecule has 3 N–H and O–H groups in total. The fourth-order valence-corrected chi connectivity index (χ4v) is 2.61. The molecule has 0 aliphatic rings. The Labute approximate surface area is 158 Å². The number of benzene rings is 1. The largest absolute Gasteiger partial charge is 0.385 e. The molecule has 1 aromatic carbocycles. The van der Waals surface area contributed by atoms with Crippen molar-refractivity contribution in [2.24, 2.45) is 0 Å². The number of anilines is 2. The van der Waals surface area contributed by atoms with Gasteiger partial charge in [0.05, 0.1) is 6.04 Å². The molecule has 0 saturated carbocycles. The highest BCUT2D eigenvalue weighted by atomic mass is 16.5. The monoisotopic (exact) mass is 374 g/mol. The van der Waals surface area contributed by atoms with E-state index in [4.69, 9.17) is 4.74 Å². The lowest BCUT2D eigenvalue weighted by molar-refractivity contribution is -0.114. The molecule has 9 heteroatoms. The molecule has 0 saturated heterocycles. The summed E-state index contributed by atoms with van der Waals surface area (Å²) >= 11 is 0. The molecule has 0 spiro atoms. The zero-order valence-corrected chi connectivity index (χ0v) is 16.1. The first-order valence-corrected chi connectivity index (χ1v) is 8.73. The van der Waals surface area contributed by atoms with E-state index in [2.05, 4.69) is 26.1 Å². The van der Waals surface area contributed by atoms with Crippen LogP contribution in [0.4, 0.5) is 16.2 Å². The second-order valence-corrected chi connectivity index (χ2v) is 6.26. The summed E-state index contributed by atoms with van der Waals surface area (Å²) in [5, 5.41) is 16.4. The Hall–Kier alpha value is -2.94. The molecule has 1 aromatic heterocycles. The number of aromatic nitrogens is 3. The lowest BCUT2D eigenvalue weighted by atomic mass is 10.2. The number of hydrogen-bond donors (Lipinski definition) is 3. The van der Waals surface area contributed by atoms with Crippen molar-refractivity contribution in [3.63, 3.8) is 0 Å². The van der Waals surface area contributed by atoms with Gasteiger partial charge < -0.3 is 25.3 Å². The first kappa shape index (κ1) is 20.4. The van der Waals surface area contributed by atoms with E-state index >= 15 is 0 Å². The predicted octanol–water partition coefficient (Wildman–Crippen LogP) is 2.46. The third-order valence-corrected chi connectivity index (χ3v) is 3.93. The van der Waals surface area contributed by atoms with Gasteiger partial charge in [0.2, 0.25) is 5.91 Å². The molecule has 1 atom stereocenters. The van der Waals surface area contributed by atoms with Gasteiger partial charge >= 0.3 is 6.03 Å². The Kier molecular flexibility index (Phi) is 7.30. The number of nitrogens with zero attached hydrogens (tertiary/aromatic N) is 3. The number of nitrogens with one attached hydrogen (secondary N) is 3. The van der Waals surface area contributed by atoms with Gasteiger partial charge in [0.15, 0.2) is 5.82 Å². The Bertz CT molecular complexity index is 789. The Morgan fingerprint density at radius 1 is 1.30 bits per heavy atom. The van der Waals surface area contributed by atoms with Crippen molar-refractivity contribution < 1.29 is 14.3 Å². The van der Waals surface area contributed by atoms with Gasteiger partial charge in [-0.15, -0.1) is 10.2 Å². The Balaban J connectivity index is 1.99. The summed E-state index contributed by atoms with van der Waals surface area (Å²) in [6, 6.07) is 4.64. The number of aryl methyl sites for hydroxylation is 2. The highest BCUT2D eigenvalue weighted by Gasteiger charge is 2.16. The fourth-order valence-electron chi connectivity index (χ4n) is 2.61. The standard InChI is InChI=1S/C18H26N6O3/c1-12-6-7-15(21-14(3)25)10-16(12)22-18(26)20-13(2)17-23-19-11-24(17)8-5-9-27-4/h6-7,10-11,13H,5,8-9H2,1-4H3,(H,21,25)(H2,20,22,26). The number of carbonyl (C=O) groups excluding carboxylic acids is 2. The van der Waals surface area contributed by atoms with Crippen molar-refractivity contribution in [2.75, 3.05) is 24.4 Å². The van der Waals surface area contributed by atoms with E-state index in [0.29, 0.717) is 30.4 Å². The number of amides is 3. The molecule has 2 aromatic rings. The third-order valence-electron chi connectivity index (χ3n) is 3.93. The van der Waals surface area contributed by atoms with Crippen molar-refractivity contribution >= 4 is 23.3 Å². The Morgan fingerprint density at radius 2 is 2.07 bits per heavy atom. The topological polar surface area (TPSA) is 110 Å². The lowest BCUT2D eigenvalue weighted by Gasteiger charge is -2.16. The first-order chi connectivity index (χ1) is 12.9. The van der Waals surface area contributed by atoms with Crippen LogP contribution in [0.2, 0.25) is 0 Å². The molecule has 146 valence electrons. The van der Waals surface area contributed by atoms with Crippen molar-refractivity contribution in [3.05, 3.63) is 35.9 Å². The van der Waals surface area contributed by atoms with Gasteiger partial charge in [0.1, 0.15) is 6.33 Å². The van der Waals surface area contributed by atoms with E-state index in [-0.39, 0.29) is 18.0 Å². The van der Waals surface area contributed by atoms with Crippen molar-refractivity contribution in [2.45, 2.75) is 39.8 Å². The van der Waals surface area contributed by atoms with Gasteiger partial charge in [-0.3, -0.25) is 4.79 Å². The number of methoxy groups -OCH3 is 1. The van der Waals surface area contributed by atoms with Crippen LogP contribution in [0.5, 0.6) is 0 Å². The maximum Gasteiger partial charge on any atom is 0.319 e. The third kappa shape index (κ3) is 6.07. The molecule has 0 bridgehead atoms. The highest BCUT2D eigenvalue weighted by Crippen LogP contribution is 2.20. The fraction of sp³-hybridized carbons (Fsp3) is 0.444. The zero-order valence-electron chi connectivity index (χ0n) is 16.1. The van der Waals surface area contributed by atoms with Crippen LogP contribution in [-0.2, 0) is 16.1 Å². The predicted molar refractivity (Wildman–Crippen MR) is 103 cm³/mol.